The maximum absolute atomic E-state index is 12.3. The quantitative estimate of drug-likeness (QED) is 0.0277. The number of allylic oxidation sites excluding steroid dienone is 2. The van der Waals surface area contributed by atoms with Crippen molar-refractivity contribution in [3.63, 3.8) is 0 Å². The molecule has 0 aliphatic carbocycles. The Morgan fingerprint density at radius 1 is 0.592 bits per heavy atom. The highest BCUT2D eigenvalue weighted by atomic mass is 31.2. The van der Waals surface area contributed by atoms with E-state index in [4.69, 9.17) is 24.3 Å². The number of hydrogen-bond acceptors (Lipinski definition) is 8. The molecule has 0 rings (SSSR count). The van der Waals surface area contributed by atoms with Crippen molar-refractivity contribution in [2.45, 2.75) is 200 Å². The van der Waals surface area contributed by atoms with Crippen molar-refractivity contribution in [3.05, 3.63) is 12.2 Å². The summed E-state index contributed by atoms with van der Waals surface area (Å²) in [5.74, 6) is -0.827. The molecule has 0 bridgehead atoms. The van der Waals surface area contributed by atoms with Gasteiger partial charge < -0.3 is 20.1 Å². The summed E-state index contributed by atoms with van der Waals surface area (Å²) in [5.41, 5.74) is 5.36. The summed E-state index contributed by atoms with van der Waals surface area (Å²) in [4.78, 5) is 34.7. The van der Waals surface area contributed by atoms with Crippen LogP contribution in [0.4, 0.5) is 0 Å². The van der Waals surface area contributed by atoms with Crippen LogP contribution in [0, 0.1) is 0 Å². The van der Waals surface area contributed by atoms with E-state index < -0.39 is 25.9 Å². The van der Waals surface area contributed by atoms with Crippen LogP contribution in [0.25, 0.3) is 0 Å². The molecule has 1 unspecified atom stereocenters. The molecule has 0 aliphatic rings. The van der Waals surface area contributed by atoms with Crippen LogP contribution in [0.15, 0.2) is 12.2 Å². The highest BCUT2D eigenvalue weighted by molar-refractivity contribution is 7.47. The highest BCUT2D eigenvalue weighted by Crippen LogP contribution is 2.44. The summed E-state index contributed by atoms with van der Waals surface area (Å²) in [6, 6.07) is 0. The van der Waals surface area contributed by atoms with Crippen LogP contribution in [0.2, 0.25) is 0 Å². The van der Waals surface area contributed by atoms with Gasteiger partial charge in [-0.3, -0.25) is 18.6 Å². The summed E-state index contributed by atoms with van der Waals surface area (Å²) < 4.78 is 32.9. The van der Waals surface area contributed by atoms with Gasteiger partial charge in [-0.25, -0.2) is 4.57 Å². The summed E-state index contributed by atoms with van der Waals surface area (Å²) >= 11 is 0. The van der Waals surface area contributed by atoms with Crippen molar-refractivity contribution in [2.75, 3.05) is 26.4 Å². The predicted octanol–water partition coefficient (Wildman–Crippen LogP) is 11.1. The number of rotatable bonds is 38. The third kappa shape index (κ3) is 36.3. The Morgan fingerprint density at radius 2 is 0.939 bits per heavy atom. The van der Waals surface area contributed by atoms with E-state index in [1.165, 1.54) is 109 Å². The molecule has 10 heteroatoms. The Balaban J connectivity index is 4.12. The standard InChI is InChI=1S/C39H76NO8P/c1-3-5-7-9-11-13-15-17-18-20-22-24-26-28-30-32-39(42)46-36-37(48-49(43,44)47-34-33-40)35-45-38(41)31-29-27-25-23-21-19-16-14-12-10-8-6-4-2/h17-18,37H,3-16,19-36,40H2,1-2H3,(H,43,44)/b18-17-/t37-/m0/s1. The van der Waals surface area contributed by atoms with E-state index in [9.17, 15) is 19.0 Å². The van der Waals surface area contributed by atoms with Crippen LogP contribution in [0.3, 0.4) is 0 Å². The lowest BCUT2D eigenvalue weighted by atomic mass is 10.0. The number of ether oxygens (including phenoxy) is 2. The molecule has 0 heterocycles. The van der Waals surface area contributed by atoms with Crippen molar-refractivity contribution in [3.8, 4) is 0 Å². The number of phosphoric acid groups is 1. The minimum atomic E-state index is -4.46. The van der Waals surface area contributed by atoms with Gasteiger partial charge >= 0.3 is 19.8 Å². The Morgan fingerprint density at radius 3 is 1.31 bits per heavy atom. The topological polar surface area (TPSA) is 134 Å². The molecule has 3 N–H and O–H groups in total. The minimum absolute atomic E-state index is 0.0393. The SMILES string of the molecule is CCCCCCCC/C=C\CCCCCCCC(=O)OC[C@H](COC(=O)CCCCCCCCCCCCCCC)OP(=O)(O)OCCN. The molecule has 0 fully saturated rings. The highest BCUT2D eigenvalue weighted by Gasteiger charge is 2.28. The average Bonchev–Trinajstić information content (AvgIpc) is 3.08. The van der Waals surface area contributed by atoms with E-state index in [2.05, 4.69) is 26.0 Å². The molecule has 0 aromatic carbocycles. The number of hydrogen-bond donors (Lipinski definition) is 2. The van der Waals surface area contributed by atoms with Gasteiger partial charge in [0.05, 0.1) is 6.61 Å². The van der Waals surface area contributed by atoms with Crippen LogP contribution >= 0.6 is 7.82 Å². The molecule has 0 amide bonds. The first-order valence-electron chi connectivity index (χ1n) is 20.2. The Kier molecular flexibility index (Phi) is 35.6. The van der Waals surface area contributed by atoms with Gasteiger partial charge in [-0.2, -0.15) is 0 Å². The van der Waals surface area contributed by atoms with Gasteiger partial charge in [0.1, 0.15) is 19.3 Å². The molecular formula is C39H76NO8P. The number of unbranched alkanes of at least 4 members (excludes halogenated alkanes) is 23. The van der Waals surface area contributed by atoms with E-state index in [0.29, 0.717) is 6.42 Å². The lowest BCUT2D eigenvalue weighted by Gasteiger charge is -2.20. The maximum atomic E-state index is 12.3. The van der Waals surface area contributed by atoms with Crippen LogP contribution < -0.4 is 5.73 Å². The van der Waals surface area contributed by atoms with Crippen molar-refractivity contribution >= 4 is 19.8 Å². The molecule has 0 aliphatic heterocycles. The normalized spacial score (nSPS) is 13.5. The first kappa shape index (κ1) is 47.8. The number of carbonyl (C=O) groups is 2. The summed E-state index contributed by atoms with van der Waals surface area (Å²) in [6.07, 6.45) is 35.1. The van der Waals surface area contributed by atoms with E-state index in [1.807, 2.05) is 0 Å². The zero-order valence-electron chi connectivity index (χ0n) is 31.7. The molecule has 0 radical (unpaired) electrons. The monoisotopic (exact) mass is 718 g/mol. The second-order valence-electron chi connectivity index (χ2n) is 13.5. The van der Waals surface area contributed by atoms with Gasteiger partial charge in [0.2, 0.25) is 0 Å². The van der Waals surface area contributed by atoms with Crippen molar-refractivity contribution in [2.24, 2.45) is 5.73 Å². The summed E-state index contributed by atoms with van der Waals surface area (Å²) in [5, 5.41) is 0. The third-order valence-electron chi connectivity index (χ3n) is 8.64. The predicted molar refractivity (Wildman–Crippen MR) is 201 cm³/mol. The van der Waals surface area contributed by atoms with Gasteiger partial charge in [0, 0.05) is 19.4 Å². The Hall–Kier alpha value is -1.25. The van der Waals surface area contributed by atoms with Gasteiger partial charge in [0.25, 0.3) is 0 Å². The number of nitrogens with two attached hydrogens (primary N) is 1. The van der Waals surface area contributed by atoms with Gasteiger partial charge in [-0.1, -0.05) is 154 Å². The van der Waals surface area contributed by atoms with Gasteiger partial charge in [0.15, 0.2) is 0 Å². The Labute approximate surface area is 300 Å². The third-order valence-corrected chi connectivity index (χ3v) is 9.72. The van der Waals surface area contributed by atoms with Crippen LogP contribution in [0.1, 0.15) is 194 Å². The Bertz CT molecular complexity index is 825. The van der Waals surface area contributed by atoms with Crippen LogP contribution in [-0.2, 0) is 32.7 Å². The zero-order valence-corrected chi connectivity index (χ0v) is 32.6. The summed E-state index contributed by atoms with van der Waals surface area (Å²) in [6.45, 7) is 3.74. The van der Waals surface area contributed by atoms with E-state index in [1.54, 1.807) is 0 Å². The molecule has 0 saturated heterocycles. The van der Waals surface area contributed by atoms with Gasteiger partial charge in [-0.05, 0) is 38.5 Å². The molecule has 0 spiro atoms. The van der Waals surface area contributed by atoms with Crippen molar-refractivity contribution in [1.29, 1.82) is 0 Å². The van der Waals surface area contributed by atoms with Gasteiger partial charge in [-0.15, -0.1) is 0 Å². The fourth-order valence-corrected chi connectivity index (χ4v) is 6.53. The molecule has 0 saturated carbocycles. The zero-order chi connectivity index (χ0) is 36.1. The maximum Gasteiger partial charge on any atom is 0.472 e. The van der Waals surface area contributed by atoms with E-state index in [0.717, 1.165) is 51.4 Å². The molecular weight excluding hydrogens is 641 g/mol. The van der Waals surface area contributed by atoms with E-state index >= 15 is 0 Å². The van der Waals surface area contributed by atoms with Crippen LogP contribution in [0.5, 0.6) is 0 Å². The average molecular weight is 718 g/mol. The lowest BCUT2D eigenvalue weighted by Crippen LogP contribution is -2.28. The fourth-order valence-electron chi connectivity index (χ4n) is 5.64. The lowest BCUT2D eigenvalue weighted by molar-refractivity contribution is -0.152. The molecule has 290 valence electrons. The molecule has 9 nitrogen and oxygen atoms in total. The largest absolute Gasteiger partial charge is 0.472 e. The molecule has 0 aromatic rings. The molecule has 49 heavy (non-hydrogen) atoms. The smallest absolute Gasteiger partial charge is 0.463 e. The molecule has 2 atom stereocenters. The second-order valence-corrected chi connectivity index (χ2v) is 14.9. The summed E-state index contributed by atoms with van der Waals surface area (Å²) in [7, 11) is -4.46. The van der Waals surface area contributed by atoms with Crippen molar-refractivity contribution in [1.82, 2.24) is 0 Å². The molecule has 0 aromatic heterocycles. The first-order chi connectivity index (χ1) is 23.8. The van der Waals surface area contributed by atoms with Crippen LogP contribution in [-0.4, -0.2) is 49.3 Å². The first-order valence-corrected chi connectivity index (χ1v) is 21.7. The van der Waals surface area contributed by atoms with E-state index in [-0.39, 0.29) is 39.2 Å². The fraction of sp³-hybridized carbons (Fsp3) is 0.897. The number of esters is 2. The number of phosphoric ester groups is 1. The number of carbonyl (C=O) groups excluding carboxylic acids is 2. The minimum Gasteiger partial charge on any atom is -0.463 e. The van der Waals surface area contributed by atoms with Crippen molar-refractivity contribution < 1.29 is 37.6 Å². The second kappa shape index (κ2) is 36.5.